The van der Waals surface area contributed by atoms with Crippen molar-refractivity contribution >= 4 is 22.7 Å². The Morgan fingerprint density at radius 3 is 2.74 bits per heavy atom. The third-order valence-electron chi connectivity index (χ3n) is 3.31. The summed E-state index contributed by atoms with van der Waals surface area (Å²) in [5, 5.41) is 5.76. The van der Waals surface area contributed by atoms with E-state index >= 15 is 0 Å². The first-order valence-electron chi connectivity index (χ1n) is 6.74. The van der Waals surface area contributed by atoms with Gasteiger partial charge in [-0.2, -0.15) is 0 Å². The molecule has 0 spiro atoms. The number of thioether (sulfide) groups is 1. The van der Waals surface area contributed by atoms with Gasteiger partial charge in [-0.1, -0.05) is 32.0 Å². The highest BCUT2D eigenvalue weighted by molar-refractivity contribution is 7.99. The van der Waals surface area contributed by atoms with Crippen molar-refractivity contribution in [3.05, 3.63) is 30.6 Å². The normalized spacial score (nSPS) is 13.1. The molecule has 0 saturated heterocycles. The van der Waals surface area contributed by atoms with Crippen LogP contribution in [0.2, 0.25) is 0 Å². The topological polar surface area (TPSA) is 37.8 Å². The van der Waals surface area contributed by atoms with Gasteiger partial charge in [0.15, 0.2) is 0 Å². The largest absolute Gasteiger partial charge is 0.313 e. The minimum absolute atomic E-state index is 0.558. The highest BCUT2D eigenvalue weighted by Gasteiger charge is 2.06. The molecule has 0 aliphatic rings. The van der Waals surface area contributed by atoms with E-state index in [1.54, 1.807) is 18.1 Å². The molecule has 1 aromatic carbocycles. The second kappa shape index (κ2) is 6.87. The molecule has 0 amide bonds. The van der Waals surface area contributed by atoms with Crippen LogP contribution < -0.4 is 5.32 Å². The van der Waals surface area contributed by atoms with Crippen LogP contribution in [0.4, 0.5) is 0 Å². The second-order valence-electron chi connectivity index (χ2n) is 5.03. The summed E-state index contributed by atoms with van der Waals surface area (Å²) in [6.45, 7) is 7.71. The van der Waals surface area contributed by atoms with E-state index in [1.165, 1.54) is 0 Å². The van der Waals surface area contributed by atoms with Gasteiger partial charge in [-0.15, -0.1) is 11.8 Å². The highest BCUT2D eigenvalue weighted by atomic mass is 32.2. The van der Waals surface area contributed by atoms with Crippen molar-refractivity contribution in [2.24, 2.45) is 5.92 Å². The van der Waals surface area contributed by atoms with Crippen molar-refractivity contribution in [3.63, 3.8) is 0 Å². The Morgan fingerprint density at radius 1 is 1.16 bits per heavy atom. The molecule has 0 radical (unpaired) electrons. The summed E-state index contributed by atoms with van der Waals surface area (Å²) in [4.78, 5) is 8.66. The zero-order valence-electron chi connectivity index (χ0n) is 11.8. The number of aromatic nitrogens is 2. The maximum absolute atomic E-state index is 4.38. The fourth-order valence-electron chi connectivity index (χ4n) is 1.77. The monoisotopic (exact) mass is 275 g/mol. The van der Waals surface area contributed by atoms with Crippen LogP contribution in [0.5, 0.6) is 0 Å². The lowest BCUT2D eigenvalue weighted by Gasteiger charge is -2.17. The van der Waals surface area contributed by atoms with Crippen molar-refractivity contribution in [1.29, 1.82) is 0 Å². The van der Waals surface area contributed by atoms with Crippen LogP contribution in [-0.4, -0.2) is 28.3 Å². The van der Waals surface area contributed by atoms with E-state index in [4.69, 9.17) is 0 Å². The van der Waals surface area contributed by atoms with E-state index in [-0.39, 0.29) is 0 Å². The summed E-state index contributed by atoms with van der Waals surface area (Å²) in [6.07, 6.45) is 1.65. The predicted molar refractivity (Wildman–Crippen MR) is 82.6 cm³/mol. The first kappa shape index (κ1) is 14.3. The summed E-state index contributed by atoms with van der Waals surface area (Å²) in [5.74, 6) is 1.70. The molecule has 102 valence electrons. The van der Waals surface area contributed by atoms with Crippen LogP contribution in [0.1, 0.15) is 20.8 Å². The predicted octanol–water partition coefficient (Wildman–Crippen LogP) is 3.36. The van der Waals surface area contributed by atoms with Crippen LogP contribution in [-0.2, 0) is 0 Å². The van der Waals surface area contributed by atoms with Crippen molar-refractivity contribution in [2.45, 2.75) is 31.8 Å². The van der Waals surface area contributed by atoms with Crippen LogP contribution in [0, 0.1) is 5.92 Å². The zero-order chi connectivity index (χ0) is 13.7. The highest BCUT2D eigenvalue weighted by Crippen LogP contribution is 2.23. The number of fused-ring (bicyclic) bond motifs is 1. The van der Waals surface area contributed by atoms with Gasteiger partial charge >= 0.3 is 0 Å². The first-order chi connectivity index (χ1) is 9.18. The van der Waals surface area contributed by atoms with E-state index in [1.807, 2.05) is 18.2 Å². The average Bonchev–Trinajstić information content (AvgIpc) is 2.43. The smallest absolute Gasteiger partial charge is 0.117 e. The Bertz CT molecular complexity index is 522. The quantitative estimate of drug-likeness (QED) is 0.498. The van der Waals surface area contributed by atoms with Crippen molar-refractivity contribution < 1.29 is 0 Å². The van der Waals surface area contributed by atoms with Crippen molar-refractivity contribution in [2.75, 3.05) is 12.3 Å². The number of hydrogen-bond donors (Lipinski definition) is 1. The lowest BCUT2D eigenvalue weighted by molar-refractivity contribution is 0.438. The number of hydrogen-bond acceptors (Lipinski definition) is 4. The van der Waals surface area contributed by atoms with Gasteiger partial charge in [0.05, 0.1) is 5.52 Å². The van der Waals surface area contributed by atoms with Gasteiger partial charge in [-0.05, 0) is 18.9 Å². The molecule has 2 aromatic rings. The summed E-state index contributed by atoms with van der Waals surface area (Å²) in [5.41, 5.74) is 1.02. The van der Waals surface area contributed by atoms with E-state index in [2.05, 4.69) is 42.1 Å². The molecule has 0 bridgehead atoms. The summed E-state index contributed by atoms with van der Waals surface area (Å²) >= 11 is 1.79. The molecule has 1 aromatic heterocycles. The van der Waals surface area contributed by atoms with Crippen LogP contribution >= 0.6 is 11.8 Å². The van der Waals surface area contributed by atoms with Gasteiger partial charge in [0, 0.05) is 23.7 Å². The van der Waals surface area contributed by atoms with E-state index in [9.17, 15) is 0 Å². The lowest BCUT2D eigenvalue weighted by Crippen LogP contribution is -2.32. The Labute approximate surface area is 119 Å². The van der Waals surface area contributed by atoms with Gasteiger partial charge < -0.3 is 5.32 Å². The lowest BCUT2D eigenvalue weighted by atomic mass is 10.1. The molecular weight excluding hydrogens is 254 g/mol. The molecule has 0 aliphatic heterocycles. The molecule has 1 N–H and O–H groups in total. The Kier molecular flexibility index (Phi) is 5.16. The SMILES string of the molecule is CC(C)C(C)NCCSc1ncnc2ccccc12. The van der Waals surface area contributed by atoms with Gasteiger partial charge in [0.2, 0.25) is 0 Å². The number of rotatable bonds is 6. The Hall–Kier alpha value is -1.13. The van der Waals surface area contributed by atoms with Crippen LogP contribution in [0.25, 0.3) is 10.9 Å². The van der Waals surface area contributed by atoms with Gasteiger partial charge in [0.25, 0.3) is 0 Å². The summed E-state index contributed by atoms with van der Waals surface area (Å²) < 4.78 is 0. The molecule has 19 heavy (non-hydrogen) atoms. The molecule has 3 nitrogen and oxygen atoms in total. The molecule has 2 rings (SSSR count). The van der Waals surface area contributed by atoms with E-state index < -0.39 is 0 Å². The minimum atomic E-state index is 0.558. The molecule has 4 heteroatoms. The second-order valence-corrected chi connectivity index (χ2v) is 6.11. The molecule has 0 aliphatic carbocycles. The van der Waals surface area contributed by atoms with Gasteiger partial charge in [0.1, 0.15) is 11.4 Å². The molecule has 1 atom stereocenters. The van der Waals surface area contributed by atoms with Crippen LogP contribution in [0.15, 0.2) is 35.6 Å². The molecular formula is C15H21N3S. The third kappa shape index (κ3) is 3.91. The number of nitrogens with zero attached hydrogens (tertiary/aromatic N) is 2. The van der Waals surface area contributed by atoms with E-state index in [0.29, 0.717) is 12.0 Å². The fourth-order valence-corrected chi connectivity index (χ4v) is 2.63. The molecule has 1 unspecified atom stereocenters. The first-order valence-corrected chi connectivity index (χ1v) is 7.73. The Morgan fingerprint density at radius 2 is 1.95 bits per heavy atom. The standard InChI is InChI=1S/C15H21N3S/c1-11(2)12(3)16-8-9-19-15-13-6-4-5-7-14(13)17-10-18-15/h4-7,10-12,16H,8-9H2,1-3H3. The molecule has 0 saturated carbocycles. The maximum Gasteiger partial charge on any atom is 0.117 e. The van der Waals surface area contributed by atoms with Crippen LogP contribution in [0.3, 0.4) is 0 Å². The van der Waals surface area contributed by atoms with Gasteiger partial charge in [-0.25, -0.2) is 9.97 Å². The summed E-state index contributed by atoms with van der Waals surface area (Å²) in [6, 6.07) is 8.72. The number of para-hydroxylation sites is 1. The Balaban J connectivity index is 1.92. The van der Waals surface area contributed by atoms with E-state index in [0.717, 1.165) is 28.2 Å². The fraction of sp³-hybridized carbons (Fsp3) is 0.467. The minimum Gasteiger partial charge on any atom is -0.313 e. The third-order valence-corrected chi connectivity index (χ3v) is 4.32. The number of benzene rings is 1. The summed E-state index contributed by atoms with van der Waals surface area (Å²) in [7, 11) is 0. The molecule has 1 heterocycles. The number of nitrogens with one attached hydrogen (secondary N) is 1. The maximum atomic E-state index is 4.38. The van der Waals surface area contributed by atoms with Gasteiger partial charge in [-0.3, -0.25) is 0 Å². The van der Waals surface area contributed by atoms with Crippen molar-refractivity contribution in [1.82, 2.24) is 15.3 Å². The molecule has 0 fully saturated rings. The average molecular weight is 275 g/mol. The zero-order valence-corrected chi connectivity index (χ0v) is 12.6. The van der Waals surface area contributed by atoms with Crippen molar-refractivity contribution in [3.8, 4) is 0 Å².